The first-order chi connectivity index (χ1) is 5.60. The van der Waals surface area contributed by atoms with Crippen LogP contribution in [0.25, 0.3) is 0 Å². The lowest BCUT2D eigenvalue weighted by Gasteiger charge is -2.37. The number of carboxylic acid groups (broad SMARTS) is 1. The van der Waals surface area contributed by atoms with Gasteiger partial charge < -0.3 is 16.6 Å². The Labute approximate surface area is 71.9 Å². The van der Waals surface area contributed by atoms with Crippen LogP contribution in [0.5, 0.6) is 0 Å². The number of aliphatic carboxylic acids is 1. The first kappa shape index (κ1) is 9.48. The summed E-state index contributed by atoms with van der Waals surface area (Å²) < 4.78 is 0. The van der Waals surface area contributed by atoms with Crippen LogP contribution < -0.4 is 11.5 Å². The van der Waals surface area contributed by atoms with Crippen LogP contribution in [0.1, 0.15) is 25.7 Å². The lowest BCUT2D eigenvalue weighted by molar-refractivity contribution is -0.145. The van der Waals surface area contributed by atoms with E-state index in [-0.39, 0.29) is 6.54 Å². The molecule has 4 heteroatoms. The van der Waals surface area contributed by atoms with Gasteiger partial charge in [-0.05, 0) is 12.8 Å². The van der Waals surface area contributed by atoms with Crippen molar-refractivity contribution in [1.29, 1.82) is 0 Å². The molecule has 0 saturated heterocycles. The zero-order chi connectivity index (χ0) is 9.19. The molecule has 1 fully saturated rings. The molecule has 0 radical (unpaired) electrons. The third-order valence-electron chi connectivity index (χ3n) is 2.76. The highest BCUT2D eigenvalue weighted by Gasteiger charge is 2.40. The molecule has 70 valence electrons. The van der Waals surface area contributed by atoms with Gasteiger partial charge in [0.2, 0.25) is 0 Å². The van der Waals surface area contributed by atoms with Crippen LogP contribution in [0.3, 0.4) is 0 Å². The van der Waals surface area contributed by atoms with Crippen molar-refractivity contribution in [3.05, 3.63) is 0 Å². The van der Waals surface area contributed by atoms with Crippen LogP contribution in [0.2, 0.25) is 0 Å². The predicted molar refractivity (Wildman–Crippen MR) is 45.6 cm³/mol. The van der Waals surface area contributed by atoms with Gasteiger partial charge in [0.25, 0.3) is 0 Å². The molecule has 12 heavy (non-hydrogen) atoms. The second-order valence-electron chi connectivity index (χ2n) is 3.57. The fourth-order valence-corrected chi connectivity index (χ4v) is 1.88. The molecule has 0 amide bonds. The van der Waals surface area contributed by atoms with E-state index in [1.165, 1.54) is 0 Å². The number of hydrogen-bond acceptors (Lipinski definition) is 3. The van der Waals surface area contributed by atoms with Gasteiger partial charge in [-0.25, -0.2) is 0 Å². The molecule has 0 aromatic carbocycles. The van der Waals surface area contributed by atoms with E-state index in [9.17, 15) is 4.79 Å². The lowest BCUT2D eigenvalue weighted by Crippen LogP contribution is -2.57. The summed E-state index contributed by atoms with van der Waals surface area (Å²) in [6, 6.07) is 0. The summed E-state index contributed by atoms with van der Waals surface area (Å²) in [5.41, 5.74) is 10.7. The highest BCUT2D eigenvalue weighted by Crippen LogP contribution is 2.31. The summed E-state index contributed by atoms with van der Waals surface area (Å²) in [5.74, 6) is -1.25. The summed E-state index contributed by atoms with van der Waals surface area (Å²) in [6.07, 6.45) is 3.36. The van der Waals surface area contributed by atoms with Crippen LogP contribution in [-0.2, 0) is 4.79 Å². The average molecular weight is 172 g/mol. The Morgan fingerprint density at radius 3 is 2.67 bits per heavy atom. The van der Waals surface area contributed by atoms with E-state index in [1.54, 1.807) is 0 Å². The van der Waals surface area contributed by atoms with Crippen molar-refractivity contribution in [3.63, 3.8) is 0 Å². The van der Waals surface area contributed by atoms with E-state index in [4.69, 9.17) is 16.6 Å². The van der Waals surface area contributed by atoms with Crippen molar-refractivity contribution in [2.24, 2.45) is 17.4 Å². The normalized spacial score (nSPS) is 36.3. The molecule has 0 spiro atoms. The molecule has 1 saturated carbocycles. The van der Waals surface area contributed by atoms with Gasteiger partial charge in [-0.2, -0.15) is 0 Å². The Morgan fingerprint density at radius 1 is 1.58 bits per heavy atom. The number of nitrogens with two attached hydrogens (primary N) is 2. The Kier molecular flexibility index (Phi) is 2.69. The largest absolute Gasteiger partial charge is 0.481 e. The molecule has 5 N–H and O–H groups in total. The van der Waals surface area contributed by atoms with Crippen molar-refractivity contribution >= 4 is 5.97 Å². The van der Waals surface area contributed by atoms with Gasteiger partial charge in [0, 0.05) is 12.1 Å². The fourth-order valence-electron chi connectivity index (χ4n) is 1.88. The predicted octanol–water partition coefficient (Wildman–Crippen LogP) is -0.0826. The topological polar surface area (TPSA) is 89.3 Å². The van der Waals surface area contributed by atoms with Crippen molar-refractivity contribution in [1.82, 2.24) is 0 Å². The van der Waals surface area contributed by atoms with E-state index in [0.717, 1.165) is 19.3 Å². The van der Waals surface area contributed by atoms with Crippen LogP contribution >= 0.6 is 0 Å². The van der Waals surface area contributed by atoms with Gasteiger partial charge in [0.1, 0.15) is 0 Å². The van der Waals surface area contributed by atoms with Gasteiger partial charge in [-0.3, -0.25) is 4.79 Å². The second-order valence-corrected chi connectivity index (χ2v) is 3.57. The third kappa shape index (κ3) is 1.59. The molecule has 0 unspecified atom stereocenters. The maximum atomic E-state index is 10.8. The summed E-state index contributed by atoms with van der Waals surface area (Å²) in [6.45, 7) is 0.268. The van der Waals surface area contributed by atoms with Crippen LogP contribution in [-0.4, -0.2) is 23.2 Å². The van der Waals surface area contributed by atoms with Gasteiger partial charge in [0.15, 0.2) is 0 Å². The molecule has 1 aliphatic rings. The van der Waals surface area contributed by atoms with Crippen molar-refractivity contribution in [2.75, 3.05) is 6.54 Å². The number of hydrogen-bond donors (Lipinski definition) is 3. The second kappa shape index (κ2) is 3.41. The minimum atomic E-state index is -0.803. The molecule has 2 atom stereocenters. The maximum absolute atomic E-state index is 10.8. The van der Waals surface area contributed by atoms with Crippen LogP contribution in [0.4, 0.5) is 0 Å². The fraction of sp³-hybridized carbons (Fsp3) is 0.875. The van der Waals surface area contributed by atoms with Gasteiger partial charge >= 0.3 is 5.97 Å². The molecular formula is C8H16N2O2. The molecule has 1 aliphatic carbocycles. The molecule has 0 aliphatic heterocycles. The van der Waals surface area contributed by atoms with Crippen molar-refractivity contribution in [3.8, 4) is 0 Å². The summed E-state index contributed by atoms with van der Waals surface area (Å²) in [4.78, 5) is 10.8. The number of carboxylic acids is 1. The average Bonchev–Trinajstić information content (AvgIpc) is 2.05. The quantitative estimate of drug-likeness (QED) is 0.543. The van der Waals surface area contributed by atoms with Crippen molar-refractivity contribution in [2.45, 2.75) is 31.2 Å². The summed E-state index contributed by atoms with van der Waals surface area (Å²) in [5, 5.41) is 8.87. The lowest BCUT2D eigenvalue weighted by atomic mass is 9.73. The summed E-state index contributed by atoms with van der Waals surface area (Å²) >= 11 is 0. The van der Waals surface area contributed by atoms with E-state index < -0.39 is 17.4 Å². The third-order valence-corrected chi connectivity index (χ3v) is 2.76. The monoisotopic (exact) mass is 172 g/mol. The zero-order valence-electron chi connectivity index (χ0n) is 7.12. The molecule has 0 bridgehead atoms. The van der Waals surface area contributed by atoms with Crippen molar-refractivity contribution < 1.29 is 9.90 Å². The highest BCUT2D eigenvalue weighted by molar-refractivity contribution is 5.72. The zero-order valence-corrected chi connectivity index (χ0v) is 7.12. The molecular weight excluding hydrogens is 156 g/mol. The van der Waals surface area contributed by atoms with Gasteiger partial charge in [-0.15, -0.1) is 0 Å². The maximum Gasteiger partial charge on any atom is 0.308 e. The first-order valence-corrected chi connectivity index (χ1v) is 4.32. The molecule has 4 nitrogen and oxygen atoms in total. The standard InChI is InChI=1S/C8H16N2O2/c9-5-8(10)4-2-1-3-6(8)7(11)12/h6H,1-5,9-10H2,(H,11,12)/t6-,8+/m0/s1. The number of carbonyl (C=O) groups is 1. The molecule has 1 rings (SSSR count). The molecule has 0 aromatic rings. The minimum absolute atomic E-state index is 0.268. The SMILES string of the molecule is NC[C@]1(N)CCCC[C@H]1C(=O)O. The Balaban J connectivity index is 2.73. The smallest absolute Gasteiger partial charge is 0.308 e. The first-order valence-electron chi connectivity index (χ1n) is 4.32. The summed E-state index contributed by atoms with van der Waals surface area (Å²) in [7, 11) is 0. The number of rotatable bonds is 2. The highest BCUT2D eigenvalue weighted by atomic mass is 16.4. The van der Waals surface area contributed by atoms with Gasteiger partial charge in [-0.1, -0.05) is 12.8 Å². The molecule has 0 aromatic heterocycles. The minimum Gasteiger partial charge on any atom is -0.481 e. The van der Waals surface area contributed by atoms with Gasteiger partial charge in [0.05, 0.1) is 5.92 Å². The Bertz CT molecular complexity index is 184. The molecule has 0 heterocycles. The van der Waals surface area contributed by atoms with E-state index >= 15 is 0 Å². The Morgan fingerprint density at radius 2 is 2.25 bits per heavy atom. The van der Waals surface area contributed by atoms with E-state index in [2.05, 4.69) is 0 Å². The van der Waals surface area contributed by atoms with Crippen LogP contribution in [0, 0.1) is 5.92 Å². The van der Waals surface area contributed by atoms with E-state index in [0.29, 0.717) is 6.42 Å². The van der Waals surface area contributed by atoms with E-state index in [1.807, 2.05) is 0 Å². The Hall–Kier alpha value is -0.610. The van der Waals surface area contributed by atoms with Crippen LogP contribution in [0.15, 0.2) is 0 Å².